The predicted octanol–water partition coefficient (Wildman–Crippen LogP) is 4.15. The first-order valence-corrected chi connectivity index (χ1v) is 9.26. The van der Waals surface area contributed by atoms with Gasteiger partial charge in [0.2, 0.25) is 5.91 Å². The molecule has 4 nitrogen and oxygen atoms in total. The van der Waals surface area contributed by atoms with Gasteiger partial charge < -0.3 is 10.2 Å². The summed E-state index contributed by atoms with van der Waals surface area (Å²) < 4.78 is 0. The summed E-state index contributed by atoms with van der Waals surface area (Å²) in [6, 6.07) is 4.90. The van der Waals surface area contributed by atoms with E-state index in [9.17, 15) is 9.59 Å². The number of nitrogens with zero attached hydrogens (tertiary/aromatic N) is 1. The summed E-state index contributed by atoms with van der Waals surface area (Å²) in [5, 5.41) is 3.87. The van der Waals surface area contributed by atoms with Crippen LogP contribution in [-0.4, -0.2) is 35.8 Å². The van der Waals surface area contributed by atoms with Gasteiger partial charge in [-0.25, -0.2) is 0 Å². The molecule has 0 saturated carbocycles. The third-order valence-corrected chi connectivity index (χ3v) is 5.21. The van der Waals surface area contributed by atoms with E-state index in [4.69, 9.17) is 23.2 Å². The predicted molar refractivity (Wildman–Crippen MR) is 97.6 cm³/mol. The molecule has 0 aromatic heterocycles. The third-order valence-electron chi connectivity index (χ3n) is 4.65. The van der Waals surface area contributed by atoms with Crippen LogP contribution >= 0.6 is 23.2 Å². The minimum atomic E-state index is -0.215. The first kappa shape index (κ1) is 19.1. The maximum absolute atomic E-state index is 12.4. The van der Waals surface area contributed by atoms with Crippen molar-refractivity contribution >= 4 is 35.0 Å². The van der Waals surface area contributed by atoms with Crippen LogP contribution in [0.3, 0.4) is 0 Å². The monoisotopic (exact) mass is 370 g/mol. The van der Waals surface area contributed by atoms with Crippen LogP contribution in [0.15, 0.2) is 18.2 Å². The van der Waals surface area contributed by atoms with E-state index in [2.05, 4.69) is 5.32 Å². The number of carbonyl (C=O) groups is 2. The van der Waals surface area contributed by atoms with Crippen LogP contribution in [0.1, 0.15) is 49.9 Å². The Hall–Kier alpha value is -1.26. The van der Waals surface area contributed by atoms with Crippen molar-refractivity contribution in [3.05, 3.63) is 33.8 Å². The summed E-state index contributed by atoms with van der Waals surface area (Å²) in [4.78, 5) is 26.7. The molecule has 6 heteroatoms. The van der Waals surface area contributed by atoms with E-state index in [1.807, 2.05) is 18.7 Å². The van der Waals surface area contributed by atoms with Crippen LogP contribution < -0.4 is 5.32 Å². The number of piperidine rings is 1. The Morgan fingerprint density at radius 3 is 2.42 bits per heavy atom. The third kappa shape index (κ3) is 4.64. The fourth-order valence-corrected chi connectivity index (χ4v) is 3.45. The summed E-state index contributed by atoms with van der Waals surface area (Å²) >= 11 is 12.0. The van der Waals surface area contributed by atoms with Crippen molar-refractivity contribution in [2.45, 2.75) is 45.6 Å². The molecule has 1 aliphatic rings. The van der Waals surface area contributed by atoms with E-state index in [0.717, 1.165) is 25.7 Å². The van der Waals surface area contributed by atoms with E-state index >= 15 is 0 Å². The number of nitrogens with one attached hydrogen (secondary N) is 1. The number of halogens is 2. The van der Waals surface area contributed by atoms with Gasteiger partial charge in [0.25, 0.3) is 5.91 Å². The fourth-order valence-electron chi connectivity index (χ4n) is 3.07. The molecular weight excluding hydrogens is 347 g/mol. The van der Waals surface area contributed by atoms with Gasteiger partial charge in [-0.3, -0.25) is 9.59 Å². The molecule has 2 rings (SSSR count). The van der Waals surface area contributed by atoms with E-state index < -0.39 is 0 Å². The summed E-state index contributed by atoms with van der Waals surface area (Å²) in [6.07, 6.45) is 3.27. The molecule has 0 radical (unpaired) electrons. The van der Waals surface area contributed by atoms with Crippen molar-refractivity contribution in [3.8, 4) is 0 Å². The van der Waals surface area contributed by atoms with Crippen molar-refractivity contribution < 1.29 is 9.59 Å². The fraction of sp³-hybridized carbons (Fsp3) is 0.556. The average Bonchev–Trinajstić information content (AvgIpc) is 2.58. The highest BCUT2D eigenvalue weighted by molar-refractivity contribution is 6.35. The quantitative estimate of drug-likeness (QED) is 0.845. The van der Waals surface area contributed by atoms with Gasteiger partial charge in [0.15, 0.2) is 0 Å². The zero-order valence-corrected chi connectivity index (χ0v) is 15.7. The normalized spacial score (nSPS) is 15.6. The molecule has 0 spiro atoms. The molecule has 1 aromatic carbocycles. The first-order valence-electron chi connectivity index (χ1n) is 8.50. The van der Waals surface area contributed by atoms with Gasteiger partial charge in [-0.15, -0.1) is 0 Å². The largest absolute Gasteiger partial charge is 0.349 e. The lowest BCUT2D eigenvalue weighted by molar-refractivity contribution is -0.136. The Balaban J connectivity index is 1.90. The van der Waals surface area contributed by atoms with E-state index in [-0.39, 0.29) is 23.8 Å². The van der Waals surface area contributed by atoms with E-state index in [0.29, 0.717) is 28.7 Å². The SMILES string of the molecule is CCC(CC)C(=O)N1CCC(NC(=O)c2cc(Cl)ccc2Cl)CC1. The number of amides is 2. The molecular formula is C18H24Cl2N2O2. The Bertz CT molecular complexity index is 595. The molecule has 0 aliphatic carbocycles. The zero-order chi connectivity index (χ0) is 17.7. The topological polar surface area (TPSA) is 49.4 Å². The van der Waals surface area contributed by atoms with Crippen LogP contribution in [0.4, 0.5) is 0 Å². The summed E-state index contributed by atoms with van der Waals surface area (Å²) in [5.74, 6) is 0.135. The highest BCUT2D eigenvalue weighted by atomic mass is 35.5. The molecule has 0 atom stereocenters. The summed E-state index contributed by atoms with van der Waals surface area (Å²) in [7, 11) is 0. The molecule has 1 saturated heterocycles. The second kappa shape index (κ2) is 8.72. The Kier molecular flexibility index (Phi) is 6.93. The van der Waals surface area contributed by atoms with Gasteiger partial charge >= 0.3 is 0 Å². The van der Waals surface area contributed by atoms with Crippen LogP contribution in [0.2, 0.25) is 10.0 Å². The van der Waals surface area contributed by atoms with E-state index in [1.54, 1.807) is 18.2 Å². The van der Waals surface area contributed by atoms with Crippen LogP contribution in [0.25, 0.3) is 0 Å². The van der Waals surface area contributed by atoms with E-state index in [1.165, 1.54) is 0 Å². The van der Waals surface area contributed by atoms with Gasteiger partial charge in [0.1, 0.15) is 0 Å². The molecule has 1 aromatic rings. The lowest BCUT2D eigenvalue weighted by atomic mass is 9.98. The maximum atomic E-state index is 12.4. The van der Waals surface area contributed by atoms with Gasteiger partial charge in [-0.2, -0.15) is 0 Å². The first-order chi connectivity index (χ1) is 11.5. The van der Waals surface area contributed by atoms with Gasteiger partial charge in [0.05, 0.1) is 10.6 Å². The molecule has 1 fully saturated rings. The Morgan fingerprint density at radius 1 is 1.21 bits per heavy atom. The minimum absolute atomic E-state index is 0.0540. The number of benzene rings is 1. The number of likely N-dealkylation sites (tertiary alicyclic amines) is 1. The van der Waals surface area contributed by atoms with Gasteiger partial charge in [-0.1, -0.05) is 37.0 Å². The van der Waals surface area contributed by atoms with Crippen LogP contribution in [0.5, 0.6) is 0 Å². The second-order valence-electron chi connectivity index (χ2n) is 6.21. The number of rotatable bonds is 5. The van der Waals surface area contributed by atoms with Gasteiger partial charge in [0, 0.05) is 30.1 Å². The smallest absolute Gasteiger partial charge is 0.253 e. The van der Waals surface area contributed by atoms with Crippen molar-refractivity contribution in [2.24, 2.45) is 5.92 Å². The lowest BCUT2D eigenvalue weighted by Gasteiger charge is -2.34. The molecule has 24 heavy (non-hydrogen) atoms. The standard InChI is InChI=1S/C18H24Cl2N2O2/c1-3-12(4-2)18(24)22-9-7-14(8-10-22)21-17(23)15-11-13(19)5-6-16(15)20/h5-6,11-12,14H,3-4,7-10H2,1-2H3,(H,21,23). The zero-order valence-electron chi connectivity index (χ0n) is 14.1. The minimum Gasteiger partial charge on any atom is -0.349 e. The maximum Gasteiger partial charge on any atom is 0.253 e. The number of hydrogen-bond donors (Lipinski definition) is 1. The molecule has 0 bridgehead atoms. The Morgan fingerprint density at radius 2 is 1.83 bits per heavy atom. The average molecular weight is 371 g/mol. The highest BCUT2D eigenvalue weighted by Gasteiger charge is 2.27. The van der Waals surface area contributed by atoms with Crippen LogP contribution in [0, 0.1) is 5.92 Å². The summed E-state index contributed by atoms with van der Waals surface area (Å²) in [6.45, 7) is 5.47. The van der Waals surface area contributed by atoms with Gasteiger partial charge in [-0.05, 0) is 43.9 Å². The van der Waals surface area contributed by atoms with Crippen LogP contribution in [-0.2, 0) is 4.79 Å². The number of hydrogen-bond acceptors (Lipinski definition) is 2. The van der Waals surface area contributed by atoms with Crippen molar-refractivity contribution in [1.29, 1.82) is 0 Å². The molecule has 2 amide bonds. The van der Waals surface area contributed by atoms with Crippen molar-refractivity contribution in [2.75, 3.05) is 13.1 Å². The molecule has 1 aliphatic heterocycles. The Labute approximate surface area is 153 Å². The second-order valence-corrected chi connectivity index (χ2v) is 7.05. The molecule has 1 heterocycles. The highest BCUT2D eigenvalue weighted by Crippen LogP contribution is 2.22. The lowest BCUT2D eigenvalue weighted by Crippen LogP contribution is -2.48. The number of carbonyl (C=O) groups excluding carboxylic acids is 2. The molecule has 132 valence electrons. The van der Waals surface area contributed by atoms with Crippen molar-refractivity contribution in [1.82, 2.24) is 10.2 Å². The summed E-state index contributed by atoms with van der Waals surface area (Å²) in [5.41, 5.74) is 0.389. The molecule has 0 unspecified atom stereocenters. The van der Waals surface area contributed by atoms with Crippen molar-refractivity contribution in [3.63, 3.8) is 0 Å². The molecule has 1 N–H and O–H groups in total.